The minimum absolute atomic E-state index is 0.00815. The molecule has 0 saturated heterocycles. The van der Waals surface area contributed by atoms with Crippen LogP contribution < -0.4 is 10.7 Å². The number of furan rings is 1. The summed E-state index contributed by atoms with van der Waals surface area (Å²) in [4.78, 5) is 34.6. The van der Waals surface area contributed by atoms with Gasteiger partial charge in [0.25, 0.3) is 5.69 Å². The van der Waals surface area contributed by atoms with Crippen molar-refractivity contribution >= 4 is 29.4 Å². The van der Waals surface area contributed by atoms with E-state index in [9.17, 15) is 19.7 Å². The van der Waals surface area contributed by atoms with Gasteiger partial charge in [-0.3, -0.25) is 19.7 Å². The molecule has 0 unspecified atom stereocenters. The normalized spacial score (nSPS) is 10.8. The van der Waals surface area contributed by atoms with Gasteiger partial charge in [0.05, 0.1) is 11.1 Å². The number of nitrogens with one attached hydrogen (secondary N) is 2. The van der Waals surface area contributed by atoms with Crippen molar-refractivity contribution in [3.05, 3.63) is 81.1 Å². The van der Waals surface area contributed by atoms with Gasteiger partial charge in [-0.2, -0.15) is 5.10 Å². The highest BCUT2D eigenvalue weighted by molar-refractivity contribution is 6.39. The molecule has 9 nitrogen and oxygen atoms in total. The molecule has 0 fully saturated rings. The van der Waals surface area contributed by atoms with Crippen LogP contribution in [0.5, 0.6) is 0 Å². The lowest BCUT2D eigenvalue weighted by molar-refractivity contribution is -0.385. The van der Waals surface area contributed by atoms with Crippen LogP contribution in [0.15, 0.2) is 58.0 Å². The molecule has 158 valence electrons. The summed E-state index contributed by atoms with van der Waals surface area (Å²) in [6.07, 6.45) is 1.23. The second kappa shape index (κ2) is 9.04. The van der Waals surface area contributed by atoms with E-state index in [0.717, 1.165) is 11.1 Å². The van der Waals surface area contributed by atoms with Gasteiger partial charge in [0, 0.05) is 22.9 Å². The van der Waals surface area contributed by atoms with Crippen LogP contribution in [-0.4, -0.2) is 23.0 Å². The molecule has 0 aliphatic heterocycles. The fourth-order valence-electron chi connectivity index (χ4n) is 3.10. The number of rotatable bonds is 5. The highest BCUT2D eigenvalue weighted by Gasteiger charge is 2.16. The molecule has 3 rings (SSSR count). The SMILES string of the molecule is Cc1cc(C)cc(NC(=O)C(=O)N/N=C/c2ccc(-c3cccc([N+](=O)[O-])c3C)o2)c1. The number of hydrogen-bond donors (Lipinski definition) is 2. The van der Waals surface area contributed by atoms with Crippen molar-refractivity contribution < 1.29 is 18.9 Å². The summed E-state index contributed by atoms with van der Waals surface area (Å²) < 4.78 is 5.63. The highest BCUT2D eigenvalue weighted by atomic mass is 16.6. The second-order valence-electron chi connectivity index (χ2n) is 6.94. The third kappa shape index (κ3) is 5.21. The fourth-order valence-corrected chi connectivity index (χ4v) is 3.10. The number of carbonyl (C=O) groups is 2. The molecule has 1 aromatic heterocycles. The number of anilines is 1. The topological polar surface area (TPSA) is 127 Å². The van der Waals surface area contributed by atoms with Gasteiger partial charge < -0.3 is 9.73 Å². The number of benzene rings is 2. The molecule has 0 bridgehead atoms. The number of nitro benzene ring substituents is 1. The third-order valence-electron chi connectivity index (χ3n) is 4.44. The second-order valence-corrected chi connectivity index (χ2v) is 6.94. The zero-order chi connectivity index (χ0) is 22.5. The van der Waals surface area contributed by atoms with E-state index in [1.165, 1.54) is 12.3 Å². The van der Waals surface area contributed by atoms with Crippen molar-refractivity contribution in [2.24, 2.45) is 5.10 Å². The Hall–Kier alpha value is -4.27. The molecule has 31 heavy (non-hydrogen) atoms. The maximum atomic E-state index is 12.0. The Balaban J connectivity index is 1.64. The van der Waals surface area contributed by atoms with Crippen LogP contribution >= 0.6 is 0 Å². The standard InChI is InChI=1S/C22H20N4O5/c1-13-9-14(2)11-16(10-13)24-21(27)22(28)25-23-12-17-7-8-20(31-17)18-5-4-6-19(15(18)3)26(29)30/h4-12H,1-3H3,(H,24,27)(H,25,28)/b23-12+. The Morgan fingerprint density at radius 1 is 1.03 bits per heavy atom. The first kappa shape index (κ1) is 21.4. The fraction of sp³-hybridized carbons (Fsp3) is 0.136. The molecular formula is C22H20N4O5. The Morgan fingerprint density at radius 2 is 1.74 bits per heavy atom. The largest absolute Gasteiger partial charge is 0.455 e. The van der Waals surface area contributed by atoms with E-state index in [1.807, 2.05) is 19.9 Å². The summed E-state index contributed by atoms with van der Waals surface area (Å²) in [5.41, 5.74) is 5.61. The molecule has 2 amide bonds. The van der Waals surface area contributed by atoms with Gasteiger partial charge in [0.15, 0.2) is 0 Å². The van der Waals surface area contributed by atoms with Crippen molar-refractivity contribution in [2.45, 2.75) is 20.8 Å². The van der Waals surface area contributed by atoms with Crippen LogP contribution in [0, 0.1) is 30.9 Å². The number of carbonyl (C=O) groups excluding carboxylic acids is 2. The molecule has 0 atom stereocenters. The van der Waals surface area contributed by atoms with E-state index in [-0.39, 0.29) is 5.69 Å². The average Bonchev–Trinajstić information content (AvgIpc) is 3.15. The van der Waals surface area contributed by atoms with E-state index in [1.54, 1.807) is 43.3 Å². The maximum Gasteiger partial charge on any atom is 0.329 e. The van der Waals surface area contributed by atoms with Gasteiger partial charge in [-0.05, 0) is 56.2 Å². The molecule has 3 aromatic rings. The Bertz CT molecular complexity index is 1180. The predicted molar refractivity (Wildman–Crippen MR) is 116 cm³/mol. The summed E-state index contributed by atoms with van der Waals surface area (Å²) in [7, 11) is 0. The molecule has 0 spiro atoms. The molecule has 2 aromatic carbocycles. The Morgan fingerprint density at radius 3 is 2.42 bits per heavy atom. The van der Waals surface area contributed by atoms with Crippen LogP contribution in [-0.2, 0) is 9.59 Å². The zero-order valence-corrected chi connectivity index (χ0v) is 17.1. The minimum Gasteiger partial charge on any atom is -0.455 e. The van der Waals surface area contributed by atoms with E-state index in [4.69, 9.17) is 4.42 Å². The van der Waals surface area contributed by atoms with E-state index < -0.39 is 16.7 Å². The number of amides is 2. The first-order valence-electron chi connectivity index (χ1n) is 9.31. The average molecular weight is 420 g/mol. The Kier molecular flexibility index (Phi) is 6.25. The van der Waals surface area contributed by atoms with Crippen LogP contribution in [0.2, 0.25) is 0 Å². The lowest BCUT2D eigenvalue weighted by atomic mass is 10.1. The molecule has 0 aliphatic carbocycles. The summed E-state index contributed by atoms with van der Waals surface area (Å²) in [6, 6.07) is 13.4. The lowest BCUT2D eigenvalue weighted by Crippen LogP contribution is -2.32. The molecule has 2 N–H and O–H groups in total. The first-order valence-corrected chi connectivity index (χ1v) is 9.31. The number of hydrogen-bond acceptors (Lipinski definition) is 6. The zero-order valence-electron chi connectivity index (χ0n) is 17.1. The number of aryl methyl sites for hydroxylation is 2. The molecule has 0 radical (unpaired) electrons. The number of nitro groups is 1. The molecular weight excluding hydrogens is 400 g/mol. The number of nitrogens with zero attached hydrogens (tertiary/aromatic N) is 2. The van der Waals surface area contributed by atoms with E-state index in [0.29, 0.717) is 28.3 Å². The van der Waals surface area contributed by atoms with Gasteiger partial charge in [-0.1, -0.05) is 18.2 Å². The summed E-state index contributed by atoms with van der Waals surface area (Å²) in [5.74, 6) is -1.07. The van der Waals surface area contributed by atoms with E-state index >= 15 is 0 Å². The van der Waals surface area contributed by atoms with Crippen LogP contribution in [0.25, 0.3) is 11.3 Å². The van der Waals surface area contributed by atoms with Gasteiger partial charge in [0.1, 0.15) is 11.5 Å². The molecule has 0 aliphatic rings. The summed E-state index contributed by atoms with van der Waals surface area (Å²) >= 11 is 0. The van der Waals surface area contributed by atoms with Crippen molar-refractivity contribution in [1.29, 1.82) is 0 Å². The maximum absolute atomic E-state index is 12.0. The van der Waals surface area contributed by atoms with Crippen molar-refractivity contribution in [3.8, 4) is 11.3 Å². The quantitative estimate of drug-likeness (QED) is 0.280. The van der Waals surface area contributed by atoms with Crippen molar-refractivity contribution in [1.82, 2.24) is 5.43 Å². The monoisotopic (exact) mass is 420 g/mol. The third-order valence-corrected chi connectivity index (χ3v) is 4.44. The van der Waals surface area contributed by atoms with Gasteiger partial charge in [0.2, 0.25) is 0 Å². The van der Waals surface area contributed by atoms with Gasteiger partial charge in [-0.25, -0.2) is 5.43 Å². The van der Waals surface area contributed by atoms with Crippen molar-refractivity contribution in [3.63, 3.8) is 0 Å². The van der Waals surface area contributed by atoms with Crippen LogP contribution in [0.1, 0.15) is 22.5 Å². The van der Waals surface area contributed by atoms with Crippen LogP contribution in [0.3, 0.4) is 0 Å². The Labute approximate surface area is 177 Å². The van der Waals surface area contributed by atoms with Crippen molar-refractivity contribution in [2.75, 3.05) is 5.32 Å². The lowest BCUT2D eigenvalue weighted by Gasteiger charge is -2.06. The molecule has 0 saturated carbocycles. The number of hydrazone groups is 1. The summed E-state index contributed by atoms with van der Waals surface area (Å²) in [5, 5.41) is 17.3. The van der Waals surface area contributed by atoms with Crippen LogP contribution in [0.4, 0.5) is 11.4 Å². The molecule has 1 heterocycles. The van der Waals surface area contributed by atoms with E-state index in [2.05, 4.69) is 15.8 Å². The summed E-state index contributed by atoms with van der Waals surface area (Å²) in [6.45, 7) is 5.41. The smallest absolute Gasteiger partial charge is 0.329 e. The van der Waals surface area contributed by atoms with Gasteiger partial charge >= 0.3 is 11.8 Å². The first-order chi connectivity index (χ1) is 14.7. The van der Waals surface area contributed by atoms with Gasteiger partial charge in [-0.15, -0.1) is 0 Å². The minimum atomic E-state index is -0.934. The highest BCUT2D eigenvalue weighted by Crippen LogP contribution is 2.30. The molecule has 9 heteroatoms. The predicted octanol–water partition coefficient (Wildman–Crippen LogP) is 3.87.